The van der Waals surface area contributed by atoms with E-state index in [-0.39, 0.29) is 5.91 Å². The normalized spacial score (nSPS) is 17.6. The monoisotopic (exact) mass is 255 g/mol. The van der Waals surface area contributed by atoms with E-state index in [1.165, 1.54) is 0 Å². The zero-order chi connectivity index (χ0) is 10.2. The highest BCUT2D eigenvalue weighted by Crippen LogP contribution is 2.47. The number of hydrogen-bond donors (Lipinski definition) is 2. The first kappa shape index (κ1) is 9.61. The molecule has 0 spiro atoms. The predicted octanol–water partition coefficient (Wildman–Crippen LogP) is 0.866. The molecule has 1 aromatic rings. The lowest BCUT2D eigenvalue weighted by Gasteiger charge is -2.11. The van der Waals surface area contributed by atoms with Gasteiger partial charge >= 0.3 is 0 Å². The lowest BCUT2D eigenvalue weighted by atomic mass is 10.0. The first-order valence-corrected chi connectivity index (χ1v) is 5.11. The largest absolute Gasteiger partial charge is 0.293 e. The molecule has 1 heterocycles. The predicted molar refractivity (Wildman–Crippen MR) is 55.2 cm³/mol. The molecule has 5 heteroatoms. The number of pyridine rings is 1. The molecule has 14 heavy (non-hydrogen) atoms. The summed E-state index contributed by atoms with van der Waals surface area (Å²) in [5.41, 5.74) is 2.52. The first-order valence-electron chi connectivity index (χ1n) is 4.32. The van der Waals surface area contributed by atoms with Gasteiger partial charge in [-0.1, -0.05) is 0 Å². The van der Waals surface area contributed by atoms with Crippen LogP contribution in [0.25, 0.3) is 0 Å². The van der Waals surface area contributed by atoms with E-state index < -0.39 is 5.41 Å². The van der Waals surface area contributed by atoms with E-state index in [0.717, 1.165) is 23.0 Å². The van der Waals surface area contributed by atoms with Crippen LogP contribution in [0.2, 0.25) is 0 Å². The van der Waals surface area contributed by atoms with Gasteiger partial charge in [0.1, 0.15) is 0 Å². The molecule has 1 saturated carbocycles. The Morgan fingerprint density at radius 1 is 1.57 bits per heavy atom. The van der Waals surface area contributed by atoms with Crippen molar-refractivity contribution >= 4 is 21.8 Å². The van der Waals surface area contributed by atoms with Gasteiger partial charge in [-0.3, -0.25) is 15.2 Å². The van der Waals surface area contributed by atoms with E-state index in [4.69, 9.17) is 5.84 Å². The fraction of sp³-hybridized carbons (Fsp3) is 0.333. The van der Waals surface area contributed by atoms with Crippen LogP contribution in [-0.2, 0) is 10.2 Å². The number of halogens is 1. The average molecular weight is 256 g/mol. The molecule has 1 aliphatic carbocycles. The van der Waals surface area contributed by atoms with E-state index in [9.17, 15) is 4.79 Å². The van der Waals surface area contributed by atoms with Crippen molar-refractivity contribution in [3.63, 3.8) is 0 Å². The Kier molecular flexibility index (Phi) is 2.28. The summed E-state index contributed by atoms with van der Waals surface area (Å²) in [5.74, 6) is 4.98. The van der Waals surface area contributed by atoms with E-state index >= 15 is 0 Å². The first-order chi connectivity index (χ1) is 6.69. The lowest BCUT2D eigenvalue weighted by Crippen LogP contribution is -2.39. The van der Waals surface area contributed by atoms with Crippen LogP contribution in [0.3, 0.4) is 0 Å². The molecule has 0 radical (unpaired) electrons. The topological polar surface area (TPSA) is 68.0 Å². The summed E-state index contributed by atoms with van der Waals surface area (Å²) >= 11 is 3.30. The maximum atomic E-state index is 11.5. The highest BCUT2D eigenvalue weighted by Gasteiger charge is 2.52. The Morgan fingerprint density at radius 3 is 2.71 bits per heavy atom. The minimum atomic E-state index is -0.463. The third-order valence-electron chi connectivity index (χ3n) is 2.53. The second-order valence-corrected chi connectivity index (χ2v) is 4.33. The van der Waals surface area contributed by atoms with Crippen LogP contribution in [0.1, 0.15) is 18.5 Å². The maximum Gasteiger partial charge on any atom is 0.246 e. The summed E-state index contributed by atoms with van der Waals surface area (Å²) in [5, 5.41) is 0. The molecule has 3 N–H and O–H groups in total. The molecule has 0 aromatic carbocycles. The van der Waals surface area contributed by atoms with Crippen molar-refractivity contribution in [1.29, 1.82) is 0 Å². The molecule has 1 amide bonds. The molecule has 74 valence electrons. The third kappa shape index (κ3) is 1.42. The van der Waals surface area contributed by atoms with Gasteiger partial charge in [0, 0.05) is 10.7 Å². The molecule has 0 aliphatic heterocycles. The molecule has 4 nitrogen and oxygen atoms in total. The zero-order valence-corrected chi connectivity index (χ0v) is 9.04. The molecule has 1 aromatic heterocycles. The van der Waals surface area contributed by atoms with E-state index in [0.29, 0.717) is 0 Å². The molecule has 2 rings (SSSR count). The van der Waals surface area contributed by atoms with Crippen LogP contribution in [-0.4, -0.2) is 10.9 Å². The number of nitrogens with two attached hydrogens (primary N) is 1. The minimum absolute atomic E-state index is 0.146. The Labute approximate surface area is 90.0 Å². The third-order valence-corrected chi connectivity index (χ3v) is 3.00. The van der Waals surface area contributed by atoms with E-state index in [2.05, 4.69) is 26.3 Å². The number of amides is 1. The maximum absolute atomic E-state index is 11.5. The highest BCUT2D eigenvalue weighted by molar-refractivity contribution is 9.10. The van der Waals surface area contributed by atoms with Gasteiger partial charge < -0.3 is 0 Å². The summed E-state index contributed by atoms with van der Waals surface area (Å²) < 4.78 is 0.908. The van der Waals surface area contributed by atoms with Crippen LogP contribution in [0.5, 0.6) is 0 Å². The quantitative estimate of drug-likeness (QED) is 0.468. The lowest BCUT2D eigenvalue weighted by molar-refractivity contribution is -0.123. The number of aromatic nitrogens is 1. The number of nitrogens with zero attached hydrogens (tertiary/aromatic N) is 1. The summed E-state index contributed by atoms with van der Waals surface area (Å²) in [6, 6.07) is 3.73. The summed E-state index contributed by atoms with van der Waals surface area (Å²) in [6.07, 6.45) is 3.34. The van der Waals surface area contributed by atoms with Gasteiger partial charge in [0.25, 0.3) is 0 Å². The van der Waals surface area contributed by atoms with Crippen LogP contribution in [0, 0.1) is 0 Å². The SMILES string of the molecule is NNC(=O)C1(c2ccc(Br)cn2)CC1. The van der Waals surface area contributed by atoms with E-state index in [1.54, 1.807) is 6.20 Å². The summed E-state index contributed by atoms with van der Waals surface area (Å²) in [7, 11) is 0. The fourth-order valence-corrected chi connectivity index (χ4v) is 1.76. The Bertz CT molecular complexity index is 359. The number of nitrogens with one attached hydrogen (secondary N) is 1. The highest BCUT2D eigenvalue weighted by atomic mass is 79.9. The van der Waals surface area contributed by atoms with Crippen molar-refractivity contribution in [3.05, 3.63) is 28.5 Å². The second-order valence-electron chi connectivity index (χ2n) is 3.42. The number of hydrogen-bond acceptors (Lipinski definition) is 3. The molecule has 0 unspecified atom stereocenters. The fourth-order valence-electron chi connectivity index (χ4n) is 1.52. The number of carbonyl (C=O) groups is 1. The average Bonchev–Trinajstić information content (AvgIpc) is 2.99. The number of rotatable bonds is 2. The van der Waals surface area contributed by atoms with Gasteiger partial charge in [-0.15, -0.1) is 0 Å². The van der Waals surface area contributed by atoms with Crippen molar-refractivity contribution in [2.45, 2.75) is 18.3 Å². The van der Waals surface area contributed by atoms with Crippen molar-refractivity contribution in [1.82, 2.24) is 10.4 Å². The molecule has 0 atom stereocenters. The van der Waals surface area contributed by atoms with Crippen LogP contribution < -0.4 is 11.3 Å². The van der Waals surface area contributed by atoms with Crippen LogP contribution in [0.4, 0.5) is 0 Å². The summed E-state index contributed by atoms with van der Waals surface area (Å²) in [4.78, 5) is 15.7. The van der Waals surface area contributed by atoms with Gasteiger partial charge in [0.15, 0.2) is 0 Å². The Hall–Kier alpha value is -0.940. The molecule has 1 aliphatic rings. The van der Waals surface area contributed by atoms with E-state index in [1.807, 2.05) is 12.1 Å². The number of carbonyl (C=O) groups excluding carboxylic acids is 1. The Balaban J connectivity index is 2.31. The van der Waals surface area contributed by atoms with Crippen molar-refractivity contribution in [2.24, 2.45) is 5.84 Å². The molecular formula is C9H10BrN3O. The van der Waals surface area contributed by atoms with Gasteiger partial charge in [0.2, 0.25) is 5.91 Å². The second kappa shape index (κ2) is 3.33. The summed E-state index contributed by atoms with van der Waals surface area (Å²) in [6.45, 7) is 0. The van der Waals surface area contributed by atoms with Gasteiger partial charge in [0.05, 0.1) is 11.1 Å². The molecule has 1 fully saturated rings. The van der Waals surface area contributed by atoms with Gasteiger partial charge in [-0.2, -0.15) is 0 Å². The van der Waals surface area contributed by atoms with Crippen LogP contribution >= 0.6 is 15.9 Å². The van der Waals surface area contributed by atoms with Crippen molar-refractivity contribution in [2.75, 3.05) is 0 Å². The Morgan fingerprint density at radius 2 is 2.29 bits per heavy atom. The van der Waals surface area contributed by atoms with Gasteiger partial charge in [-0.25, -0.2) is 5.84 Å². The van der Waals surface area contributed by atoms with Crippen molar-refractivity contribution in [3.8, 4) is 0 Å². The zero-order valence-electron chi connectivity index (χ0n) is 7.46. The standard InChI is InChI=1S/C9H10BrN3O/c10-6-1-2-7(12-5-6)9(3-4-9)8(14)13-11/h1-2,5H,3-4,11H2,(H,13,14). The number of hydrazine groups is 1. The molecular weight excluding hydrogens is 246 g/mol. The minimum Gasteiger partial charge on any atom is -0.293 e. The van der Waals surface area contributed by atoms with Crippen molar-refractivity contribution < 1.29 is 4.79 Å². The molecule has 0 saturated heterocycles. The van der Waals surface area contributed by atoms with Crippen LogP contribution in [0.15, 0.2) is 22.8 Å². The smallest absolute Gasteiger partial charge is 0.246 e. The molecule has 0 bridgehead atoms. The van der Waals surface area contributed by atoms with Gasteiger partial charge in [-0.05, 0) is 40.9 Å².